The Labute approximate surface area is 234 Å². The van der Waals surface area contributed by atoms with E-state index >= 15 is 0 Å². The van der Waals surface area contributed by atoms with Crippen molar-refractivity contribution in [2.45, 2.75) is 63.7 Å². The zero-order chi connectivity index (χ0) is 28.3. The molecule has 2 saturated heterocycles. The van der Waals surface area contributed by atoms with Crippen LogP contribution in [0.25, 0.3) is 0 Å². The molecule has 2 saturated carbocycles. The largest absolute Gasteiger partial charge is 0.477 e. The number of pyridine rings is 1. The third-order valence-electron chi connectivity index (χ3n) is 8.80. The topological polar surface area (TPSA) is 48.8 Å². The molecule has 0 radical (unpaired) electrons. The highest BCUT2D eigenvalue weighted by atomic mass is 79.9. The number of likely N-dealkylation sites (tertiary alicyclic amines) is 2. The van der Waals surface area contributed by atoms with Crippen LogP contribution in [0.3, 0.4) is 0 Å². The average molecular weight is 631 g/mol. The molecule has 222 valence electrons. The molecule has 0 amide bonds. The summed E-state index contributed by atoms with van der Waals surface area (Å²) in [6, 6.07) is 3.68. The number of aromatic nitrogens is 1. The van der Waals surface area contributed by atoms with E-state index in [1.165, 1.54) is 0 Å². The van der Waals surface area contributed by atoms with Crippen LogP contribution in [-0.4, -0.2) is 84.7 Å². The molecule has 1 N–H and O–H groups in total. The standard InChI is InChI=1S/C16H20BrF3N2O.C11H18F3NO/c17-13-1-2-14(21-9-13)23-10-12-3-7-22(8-4-12)11-15(5-6-15)16(18,19)20;12-11(13,14)10(3-4-10)8-15-5-1-9(7-16)2-6-15/h1-2,9,12H,3-8,10-11H2;9,16H,1-8H2. The smallest absolute Gasteiger partial charge is 0.395 e. The van der Waals surface area contributed by atoms with Crippen LogP contribution in [0.2, 0.25) is 0 Å². The molecule has 0 unspecified atom stereocenters. The zero-order valence-corrected chi connectivity index (χ0v) is 23.6. The van der Waals surface area contributed by atoms with Gasteiger partial charge in [-0.05, 0) is 111 Å². The fourth-order valence-electron chi connectivity index (χ4n) is 5.51. The van der Waals surface area contributed by atoms with Crippen molar-refractivity contribution in [2.24, 2.45) is 22.7 Å². The monoisotopic (exact) mass is 629 g/mol. The quantitative estimate of drug-likeness (QED) is 0.342. The molecular formula is C27H38BrF6N3O2. The molecular weight excluding hydrogens is 592 g/mol. The molecule has 12 heteroatoms. The second kappa shape index (κ2) is 12.4. The Morgan fingerprint density at radius 3 is 1.64 bits per heavy atom. The number of aliphatic hydroxyl groups is 1. The lowest BCUT2D eigenvalue weighted by molar-refractivity contribution is -0.193. The van der Waals surface area contributed by atoms with Gasteiger partial charge in [0.05, 0.1) is 17.4 Å². The van der Waals surface area contributed by atoms with Crippen LogP contribution in [0.1, 0.15) is 51.4 Å². The zero-order valence-electron chi connectivity index (χ0n) is 22.0. The van der Waals surface area contributed by atoms with Crippen LogP contribution in [-0.2, 0) is 0 Å². The van der Waals surface area contributed by atoms with Gasteiger partial charge in [0.25, 0.3) is 0 Å². The SMILES string of the molecule is FC(F)(F)C1(CN2CCC(COc3ccc(Br)cn3)CC2)CC1.OCC1CCN(CC2(C(F)(F)F)CC2)CC1. The number of hydrogen-bond acceptors (Lipinski definition) is 5. The minimum Gasteiger partial charge on any atom is -0.477 e. The second-order valence-corrected chi connectivity index (χ2v) is 12.7. The van der Waals surface area contributed by atoms with Gasteiger partial charge in [0.15, 0.2) is 0 Å². The predicted molar refractivity (Wildman–Crippen MR) is 138 cm³/mol. The van der Waals surface area contributed by atoms with Crippen molar-refractivity contribution < 1.29 is 36.2 Å². The van der Waals surface area contributed by atoms with E-state index < -0.39 is 23.2 Å². The first-order chi connectivity index (χ1) is 18.3. The van der Waals surface area contributed by atoms with Gasteiger partial charge in [0.1, 0.15) is 0 Å². The molecule has 0 atom stereocenters. The number of rotatable bonds is 8. The summed E-state index contributed by atoms with van der Waals surface area (Å²) in [5.74, 6) is 1.26. The number of hydrogen-bond donors (Lipinski definition) is 1. The first kappa shape index (κ1) is 30.8. The Morgan fingerprint density at radius 1 is 0.821 bits per heavy atom. The average Bonchev–Trinajstić information content (AvgIpc) is 3.82. The lowest BCUT2D eigenvalue weighted by Gasteiger charge is -2.34. The fraction of sp³-hybridized carbons (Fsp3) is 0.815. The molecule has 0 bridgehead atoms. The van der Waals surface area contributed by atoms with Gasteiger partial charge in [-0.2, -0.15) is 26.3 Å². The van der Waals surface area contributed by atoms with E-state index in [0.717, 1.165) is 43.2 Å². The summed E-state index contributed by atoms with van der Waals surface area (Å²) in [4.78, 5) is 8.03. The molecule has 1 aromatic rings. The molecule has 1 aromatic heterocycles. The van der Waals surface area contributed by atoms with Crippen LogP contribution in [0, 0.1) is 22.7 Å². The number of ether oxygens (including phenoxy) is 1. The van der Waals surface area contributed by atoms with E-state index in [4.69, 9.17) is 9.84 Å². The van der Waals surface area contributed by atoms with Gasteiger partial charge < -0.3 is 19.6 Å². The molecule has 5 nitrogen and oxygen atoms in total. The summed E-state index contributed by atoms with van der Waals surface area (Å²) >= 11 is 3.32. The molecule has 4 aliphatic rings. The van der Waals surface area contributed by atoms with E-state index in [-0.39, 0.29) is 51.3 Å². The van der Waals surface area contributed by atoms with Crippen molar-refractivity contribution in [2.75, 3.05) is 52.5 Å². The molecule has 2 aliphatic heterocycles. The van der Waals surface area contributed by atoms with Gasteiger partial charge in [-0.1, -0.05) is 0 Å². The van der Waals surface area contributed by atoms with Crippen molar-refractivity contribution in [3.8, 4) is 5.88 Å². The van der Waals surface area contributed by atoms with Crippen molar-refractivity contribution in [3.63, 3.8) is 0 Å². The van der Waals surface area contributed by atoms with Crippen LogP contribution < -0.4 is 4.74 Å². The van der Waals surface area contributed by atoms with Crippen molar-refractivity contribution in [3.05, 3.63) is 22.8 Å². The summed E-state index contributed by atoms with van der Waals surface area (Å²) in [6.07, 6.45) is -1.86. The summed E-state index contributed by atoms with van der Waals surface area (Å²) in [5, 5.41) is 8.95. The number of halogens is 7. The van der Waals surface area contributed by atoms with Crippen LogP contribution in [0.5, 0.6) is 5.88 Å². The highest BCUT2D eigenvalue weighted by Crippen LogP contribution is 2.59. The minimum absolute atomic E-state index is 0.161. The van der Waals surface area contributed by atoms with Crippen molar-refractivity contribution in [1.82, 2.24) is 14.8 Å². The Kier molecular flexibility index (Phi) is 9.81. The maximum atomic E-state index is 13.0. The number of piperidine rings is 2. The fourth-order valence-corrected chi connectivity index (χ4v) is 5.74. The number of aliphatic hydroxyl groups excluding tert-OH is 1. The maximum absolute atomic E-state index is 13.0. The number of nitrogens with zero attached hydrogens (tertiary/aromatic N) is 3. The van der Waals surface area contributed by atoms with E-state index in [1.54, 1.807) is 12.3 Å². The lowest BCUT2D eigenvalue weighted by atomic mass is 9.96. The van der Waals surface area contributed by atoms with Gasteiger partial charge in [-0.3, -0.25) is 0 Å². The van der Waals surface area contributed by atoms with E-state index in [1.807, 2.05) is 15.9 Å². The Hall–Kier alpha value is -1.11. The van der Waals surface area contributed by atoms with Crippen LogP contribution >= 0.6 is 15.9 Å². The summed E-state index contributed by atoms with van der Waals surface area (Å²) in [7, 11) is 0. The Morgan fingerprint density at radius 2 is 1.28 bits per heavy atom. The molecule has 0 aromatic carbocycles. The molecule has 39 heavy (non-hydrogen) atoms. The first-order valence-electron chi connectivity index (χ1n) is 13.8. The van der Waals surface area contributed by atoms with Crippen molar-refractivity contribution >= 4 is 15.9 Å². The molecule has 4 fully saturated rings. The van der Waals surface area contributed by atoms with Crippen LogP contribution in [0.4, 0.5) is 26.3 Å². The maximum Gasteiger partial charge on any atom is 0.395 e. The minimum atomic E-state index is -4.06. The predicted octanol–water partition coefficient (Wildman–Crippen LogP) is 6.31. The number of alkyl halides is 6. The highest BCUT2D eigenvalue weighted by molar-refractivity contribution is 9.10. The molecule has 5 rings (SSSR count). The third kappa shape index (κ3) is 8.23. The van der Waals surface area contributed by atoms with E-state index in [0.29, 0.717) is 31.5 Å². The first-order valence-corrected chi connectivity index (χ1v) is 14.6. The van der Waals surface area contributed by atoms with Gasteiger partial charge in [0, 0.05) is 36.4 Å². The summed E-state index contributed by atoms with van der Waals surface area (Å²) in [5.41, 5.74) is -2.82. The van der Waals surface area contributed by atoms with E-state index in [2.05, 4.69) is 20.9 Å². The van der Waals surface area contributed by atoms with Crippen LogP contribution in [0.15, 0.2) is 22.8 Å². The van der Waals surface area contributed by atoms with Gasteiger partial charge >= 0.3 is 12.4 Å². The lowest BCUT2D eigenvalue weighted by Crippen LogP contribution is -2.43. The second-order valence-electron chi connectivity index (χ2n) is 11.8. The highest BCUT2D eigenvalue weighted by Gasteiger charge is 2.64. The Bertz CT molecular complexity index is 906. The summed E-state index contributed by atoms with van der Waals surface area (Å²) < 4.78 is 83.8. The molecule has 0 spiro atoms. The van der Waals surface area contributed by atoms with E-state index in [9.17, 15) is 26.3 Å². The Balaban J connectivity index is 0.000000193. The molecule has 3 heterocycles. The van der Waals surface area contributed by atoms with Gasteiger partial charge in [-0.25, -0.2) is 4.98 Å². The third-order valence-corrected chi connectivity index (χ3v) is 9.27. The molecule has 2 aliphatic carbocycles. The summed E-state index contributed by atoms with van der Waals surface area (Å²) in [6.45, 7) is 3.91. The normalized spacial score (nSPS) is 24.1. The van der Waals surface area contributed by atoms with Gasteiger partial charge in [-0.15, -0.1) is 0 Å². The van der Waals surface area contributed by atoms with Gasteiger partial charge in [0.2, 0.25) is 5.88 Å². The van der Waals surface area contributed by atoms with Crippen molar-refractivity contribution in [1.29, 1.82) is 0 Å².